The zero-order valence-corrected chi connectivity index (χ0v) is 17.0. The van der Waals surface area contributed by atoms with Gasteiger partial charge in [0.2, 0.25) is 0 Å². The number of esters is 1. The number of thioether (sulfide) groups is 1. The molecular weight excluding hydrogens is 364 g/mol. The lowest BCUT2D eigenvalue weighted by Gasteiger charge is -2.37. The van der Waals surface area contributed by atoms with Crippen LogP contribution in [-0.4, -0.2) is 55.7 Å². The number of carbonyl (C=O) groups is 1. The molecule has 6 nitrogen and oxygen atoms in total. The van der Waals surface area contributed by atoms with Gasteiger partial charge in [-0.05, 0) is 19.4 Å². The topological polar surface area (TPSA) is 60.9 Å². The summed E-state index contributed by atoms with van der Waals surface area (Å²) in [6.07, 6.45) is 6.91. The second kappa shape index (κ2) is 8.51. The number of methoxy groups -OCH3 is 1. The maximum Gasteiger partial charge on any atom is 0.316 e. The Morgan fingerprint density at radius 1 is 1.37 bits per heavy atom. The van der Waals surface area contributed by atoms with Crippen molar-refractivity contribution in [2.24, 2.45) is 0 Å². The molecule has 0 bridgehead atoms. The van der Waals surface area contributed by atoms with E-state index in [2.05, 4.69) is 24.7 Å². The lowest BCUT2D eigenvalue weighted by molar-refractivity contribution is -0.137. The highest BCUT2D eigenvalue weighted by Gasteiger charge is 2.33. The molecule has 0 atom stereocenters. The zero-order valence-electron chi connectivity index (χ0n) is 16.2. The van der Waals surface area contributed by atoms with Crippen LogP contribution >= 0.6 is 11.8 Å². The van der Waals surface area contributed by atoms with E-state index in [4.69, 9.17) is 25.6 Å². The van der Waals surface area contributed by atoms with E-state index in [-0.39, 0.29) is 17.3 Å². The first-order chi connectivity index (χ1) is 12.9. The molecule has 27 heavy (non-hydrogen) atoms. The number of carbonyl (C=O) groups excluding carboxylic acids is 1. The Morgan fingerprint density at radius 2 is 2.11 bits per heavy atom. The number of fused-ring (bicyclic) bond motifs is 1. The summed E-state index contributed by atoms with van der Waals surface area (Å²) in [5.74, 6) is 3.62. The number of hydrogen-bond donors (Lipinski definition) is 0. The Kier molecular flexibility index (Phi) is 6.30. The van der Waals surface area contributed by atoms with E-state index in [0.29, 0.717) is 26.2 Å². The molecule has 1 saturated heterocycles. The minimum absolute atomic E-state index is 0.211. The van der Waals surface area contributed by atoms with E-state index >= 15 is 0 Å². The first kappa shape index (κ1) is 20.0. The summed E-state index contributed by atoms with van der Waals surface area (Å²) in [5, 5.41) is 0.816. The number of morpholine rings is 1. The summed E-state index contributed by atoms with van der Waals surface area (Å²) in [6.45, 7) is 7.63. The van der Waals surface area contributed by atoms with Crippen LogP contribution in [0, 0.1) is 12.3 Å². The summed E-state index contributed by atoms with van der Waals surface area (Å²) >= 11 is 1.39. The zero-order chi connectivity index (χ0) is 19.4. The van der Waals surface area contributed by atoms with Crippen molar-refractivity contribution in [1.29, 1.82) is 0 Å². The number of hydrogen-bond acceptors (Lipinski definition) is 7. The lowest BCUT2D eigenvalue weighted by atomic mass is 9.88. The van der Waals surface area contributed by atoms with Crippen LogP contribution in [0.15, 0.2) is 5.03 Å². The average Bonchev–Trinajstić information content (AvgIpc) is 2.67. The van der Waals surface area contributed by atoms with E-state index in [9.17, 15) is 4.79 Å². The van der Waals surface area contributed by atoms with Crippen LogP contribution in [0.2, 0.25) is 0 Å². The molecule has 2 aliphatic rings. The van der Waals surface area contributed by atoms with Crippen LogP contribution in [0.1, 0.15) is 30.5 Å². The van der Waals surface area contributed by atoms with Crippen LogP contribution in [0.4, 0.5) is 5.82 Å². The third kappa shape index (κ3) is 4.57. The molecule has 0 radical (unpaired) electrons. The fraction of sp³-hybridized carbons (Fsp3) is 0.600. The second-order valence-corrected chi connectivity index (χ2v) is 8.21. The Bertz CT molecular complexity index is 751. The van der Waals surface area contributed by atoms with Crippen LogP contribution in [-0.2, 0) is 38.5 Å². The van der Waals surface area contributed by atoms with Crippen molar-refractivity contribution in [2.75, 3.05) is 44.1 Å². The van der Waals surface area contributed by atoms with Gasteiger partial charge < -0.3 is 19.1 Å². The largest absolute Gasteiger partial charge is 0.468 e. The van der Waals surface area contributed by atoms with E-state index < -0.39 is 0 Å². The van der Waals surface area contributed by atoms with Crippen molar-refractivity contribution in [1.82, 2.24) is 4.98 Å². The molecule has 7 heteroatoms. The maximum absolute atomic E-state index is 11.7. The highest BCUT2D eigenvalue weighted by molar-refractivity contribution is 7.99. The normalized spacial score (nSPS) is 18.5. The fourth-order valence-corrected chi connectivity index (χ4v) is 4.31. The number of anilines is 1. The molecule has 146 valence electrons. The molecular formula is C20H26N2O4S. The number of aromatic nitrogens is 1. The van der Waals surface area contributed by atoms with Gasteiger partial charge in [0.1, 0.15) is 10.8 Å². The average molecular weight is 391 g/mol. The van der Waals surface area contributed by atoms with Crippen molar-refractivity contribution in [3.8, 4) is 12.3 Å². The van der Waals surface area contributed by atoms with Crippen molar-refractivity contribution in [2.45, 2.75) is 43.9 Å². The van der Waals surface area contributed by atoms with Gasteiger partial charge in [0.25, 0.3) is 0 Å². The highest BCUT2D eigenvalue weighted by atomic mass is 32.2. The van der Waals surface area contributed by atoms with Gasteiger partial charge in [0.15, 0.2) is 0 Å². The van der Waals surface area contributed by atoms with Crippen molar-refractivity contribution in [3.05, 3.63) is 16.7 Å². The SMILES string of the molecule is C#CCc1c(SCC(=O)OC)nc(N2CCOCC2)c2c1CC(C)(C)OC2. The van der Waals surface area contributed by atoms with Gasteiger partial charge >= 0.3 is 5.97 Å². The maximum atomic E-state index is 11.7. The van der Waals surface area contributed by atoms with Crippen LogP contribution in [0.5, 0.6) is 0 Å². The molecule has 0 N–H and O–H groups in total. The molecule has 1 aromatic rings. The van der Waals surface area contributed by atoms with Crippen molar-refractivity contribution < 1.29 is 19.0 Å². The number of pyridine rings is 1. The van der Waals surface area contributed by atoms with Gasteiger partial charge in [-0.25, -0.2) is 4.98 Å². The van der Waals surface area contributed by atoms with Gasteiger partial charge in [-0.2, -0.15) is 0 Å². The number of nitrogens with zero attached hydrogens (tertiary/aromatic N) is 2. The Balaban J connectivity index is 2.07. The van der Waals surface area contributed by atoms with E-state index in [0.717, 1.165) is 41.5 Å². The minimum atomic E-state index is -0.275. The summed E-state index contributed by atoms with van der Waals surface area (Å²) in [6, 6.07) is 0. The molecule has 3 rings (SSSR count). The van der Waals surface area contributed by atoms with Crippen LogP contribution in [0.25, 0.3) is 0 Å². The summed E-state index contributed by atoms with van der Waals surface area (Å²) in [7, 11) is 1.39. The van der Waals surface area contributed by atoms with Crippen LogP contribution < -0.4 is 4.90 Å². The van der Waals surface area contributed by atoms with Crippen molar-refractivity contribution >= 4 is 23.5 Å². The third-order valence-corrected chi connectivity index (χ3v) is 5.81. The molecule has 0 amide bonds. The summed E-state index contributed by atoms with van der Waals surface area (Å²) in [4.78, 5) is 18.8. The first-order valence-electron chi connectivity index (χ1n) is 9.09. The standard InChI is InChI=1S/C20H26N2O4S/c1-5-6-14-15-11-20(2,3)26-12-16(15)18(22-7-9-25-10-8-22)21-19(14)27-13-17(23)24-4/h1H,6-13H2,2-4H3. The molecule has 0 spiro atoms. The van der Waals surface area contributed by atoms with E-state index in [1.54, 1.807) is 0 Å². The number of ether oxygens (including phenoxy) is 3. The summed E-state index contributed by atoms with van der Waals surface area (Å²) < 4.78 is 16.4. The second-order valence-electron chi connectivity index (χ2n) is 7.25. The van der Waals surface area contributed by atoms with Gasteiger partial charge in [0.05, 0.1) is 38.3 Å². The predicted molar refractivity (Wildman–Crippen MR) is 105 cm³/mol. The van der Waals surface area contributed by atoms with Gasteiger partial charge in [-0.1, -0.05) is 11.8 Å². The predicted octanol–water partition coefficient (Wildman–Crippen LogP) is 2.21. The molecule has 3 heterocycles. The smallest absolute Gasteiger partial charge is 0.316 e. The first-order valence-corrected chi connectivity index (χ1v) is 10.1. The van der Waals surface area contributed by atoms with Gasteiger partial charge in [-0.15, -0.1) is 12.3 Å². The van der Waals surface area contributed by atoms with Crippen molar-refractivity contribution in [3.63, 3.8) is 0 Å². The van der Waals surface area contributed by atoms with E-state index in [1.165, 1.54) is 24.4 Å². The molecule has 1 aromatic heterocycles. The van der Waals surface area contributed by atoms with Gasteiger partial charge in [0, 0.05) is 37.1 Å². The number of rotatable bonds is 5. The fourth-order valence-electron chi connectivity index (χ4n) is 3.41. The highest BCUT2D eigenvalue weighted by Crippen LogP contribution is 2.39. The lowest BCUT2D eigenvalue weighted by Crippen LogP contribution is -2.40. The Labute approximate surface area is 164 Å². The quantitative estimate of drug-likeness (QED) is 0.434. The molecule has 0 saturated carbocycles. The molecule has 0 aliphatic carbocycles. The molecule has 0 unspecified atom stereocenters. The minimum Gasteiger partial charge on any atom is -0.468 e. The van der Waals surface area contributed by atoms with E-state index in [1.807, 2.05) is 0 Å². The van der Waals surface area contributed by atoms with Crippen LogP contribution in [0.3, 0.4) is 0 Å². The Hall–Kier alpha value is -1.75. The summed E-state index contributed by atoms with van der Waals surface area (Å²) in [5.41, 5.74) is 3.11. The van der Waals surface area contributed by atoms with Gasteiger partial charge in [-0.3, -0.25) is 4.79 Å². The monoisotopic (exact) mass is 390 g/mol. The molecule has 1 fully saturated rings. The molecule has 2 aliphatic heterocycles. The number of terminal acetylenes is 1. The Morgan fingerprint density at radius 3 is 2.78 bits per heavy atom. The molecule has 0 aromatic carbocycles. The third-order valence-electron chi connectivity index (χ3n) is 4.82.